The summed E-state index contributed by atoms with van der Waals surface area (Å²) in [5.41, 5.74) is 5.28. The quantitative estimate of drug-likeness (QED) is 0.530. The zero-order valence-electron chi connectivity index (χ0n) is 4.61. The molecule has 0 saturated heterocycles. The molecule has 0 unspecified atom stereocenters. The molecule has 0 bridgehead atoms. The molecule has 0 aliphatic carbocycles. The van der Waals surface area contributed by atoms with E-state index in [0.29, 0.717) is 0 Å². The molecule has 0 atom stereocenters. The minimum absolute atomic E-state index is 0.871. The van der Waals surface area contributed by atoms with Crippen LogP contribution in [-0.2, 0) is 0 Å². The molecule has 0 fully saturated rings. The van der Waals surface area contributed by atoms with Crippen molar-refractivity contribution in [2.45, 2.75) is 23.7 Å². The summed E-state index contributed by atoms with van der Waals surface area (Å²) in [5.74, 6) is 0. The van der Waals surface area contributed by atoms with Gasteiger partial charge < -0.3 is 0 Å². The van der Waals surface area contributed by atoms with Gasteiger partial charge in [-0.1, -0.05) is 0 Å². The Morgan fingerprint density at radius 2 is 1.86 bits per heavy atom. The molecular formula is C5H12NSn+3. The summed E-state index contributed by atoms with van der Waals surface area (Å²) < 4.78 is 1.40. The molecule has 1 nitrogen and oxygen atoms in total. The molecule has 0 spiro atoms. The third-order valence-corrected chi connectivity index (χ3v) is 1.89. The van der Waals surface area contributed by atoms with E-state index in [4.69, 9.17) is 5.73 Å². The van der Waals surface area contributed by atoms with Crippen molar-refractivity contribution >= 4 is 22.5 Å². The summed E-state index contributed by atoms with van der Waals surface area (Å²) in [5, 5.41) is 0. The van der Waals surface area contributed by atoms with Crippen LogP contribution in [0.1, 0.15) is 19.3 Å². The van der Waals surface area contributed by atoms with E-state index < -0.39 is 0 Å². The molecule has 38 valence electrons. The van der Waals surface area contributed by atoms with Gasteiger partial charge in [0.15, 0.2) is 0 Å². The summed E-state index contributed by atoms with van der Waals surface area (Å²) in [6, 6.07) is 0. The molecule has 0 rings (SSSR count). The maximum atomic E-state index is 5.28. The first-order valence-electron chi connectivity index (χ1n) is 2.76. The fraction of sp³-hybridized carbons (Fsp3) is 1.00. The van der Waals surface area contributed by atoms with Gasteiger partial charge in [-0.25, -0.2) is 0 Å². The van der Waals surface area contributed by atoms with E-state index in [1.165, 1.54) is 23.7 Å². The van der Waals surface area contributed by atoms with Gasteiger partial charge in [-0.15, -0.1) is 0 Å². The molecule has 7 heavy (non-hydrogen) atoms. The predicted octanol–water partition coefficient (Wildman–Crippen LogP) is 0.702. The van der Waals surface area contributed by atoms with Crippen molar-refractivity contribution in [2.75, 3.05) is 6.54 Å². The molecule has 2 heteroatoms. The van der Waals surface area contributed by atoms with Crippen molar-refractivity contribution in [1.82, 2.24) is 0 Å². The van der Waals surface area contributed by atoms with Crippen molar-refractivity contribution in [3.63, 3.8) is 0 Å². The van der Waals surface area contributed by atoms with Gasteiger partial charge in [0.2, 0.25) is 0 Å². The summed E-state index contributed by atoms with van der Waals surface area (Å²) >= 11 is 1.66. The minimum atomic E-state index is 0.871. The number of hydrogen-bond donors (Lipinski definition) is 1. The number of rotatable bonds is 4. The Labute approximate surface area is 58.7 Å². The van der Waals surface area contributed by atoms with Crippen LogP contribution in [0.15, 0.2) is 0 Å². The molecule has 0 amide bonds. The van der Waals surface area contributed by atoms with Crippen molar-refractivity contribution in [3.05, 3.63) is 0 Å². The normalized spacial score (nSPS) is 9.57. The first-order valence-corrected chi connectivity index (χ1v) is 4.78. The van der Waals surface area contributed by atoms with Crippen LogP contribution in [-0.4, -0.2) is 29.1 Å². The Morgan fingerprint density at radius 1 is 1.14 bits per heavy atom. The van der Waals surface area contributed by atoms with E-state index in [-0.39, 0.29) is 0 Å². The maximum absolute atomic E-state index is 5.28. The van der Waals surface area contributed by atoms with Gasteiger partial charge in [0.25, 0.3) is 0 Å². The zero-order valence-corrected chi connectivity index (χ0v) is 7.47. The van der Waals surface area contributed by atoms with E-state index in [1.54, 1.807) is 22.5 Å². The second-order valence-corrected chi connectivity index (χ2v) is 3.03. The Morgan fingerprint density at radius 3 is 2.29 bits per heavy atom. The van der Waals surface area contributed by atoms with Gasteiger partial charge in [-0.05, 0) is 0 Å². The van der Waals surface area contributed by atoms with Gasteiger partial charge in [0.05, 0.1) is 0 Å². The fourth-order valence-corrected chi connectivity index (χ4v) is 1.16. The summed E-state index contributed by atoms with van der Waals surface area (Å²) in [6.07, 6.45) is 3.94. The van der Waals surface area contributed by atoms with Crippen molar-refractivity contribution < 1.29 is 0 Å². The van der Waals surface area contributed by atoms with Gasteiger partial charge in [-0.2, -0.15) is 0 Å². The van der Waals surface area contributed by atoms with Gasteiger partial charge >= 0.3 is 58.5 Å². The van der Waals surface area contributed by atoms with Crippen LogP contribution in [0.4, 0.5) is 0 Å². The Hall–Kier alpha value is 0.759. The van der Waals surface area contributed by atoms with Crippen LogP contribution in [0.3, 0.4) is 0 Å². The van der Waals surface area contributed by atoms with Crippen LogP contribution in [0.5, 0.6) is 0 Å². The van der Waals surface area contributed by atoms with Gasteiger partial charge in [0.1, 0.15) is 0 Å². The fourth-order valence-electron chi connectivity index (χ4n) is 0.446. The number of nitrogens with two attached hydrogens (primary N) is 1. The molecular weight excluding hydrogens is 193 g/mol. The zero-order chi connectivity index (χ0) is 5.54. The van der Waals surface area contributed by atoms with Gasteiger partial charge in [0, 0.05) is 0 Å². The van der Waals surface area contributed by atoms with E-state index in [1.807, 2.05) is 0 Å². The van der Waals surface area contributed by atoms with E-state index >= 15 is 0 Å². The van der Waals surface area contributed by atoms with E-state index in [2.05, 4.69) is 0 Å². The average Bonchev–Trinajstić information content (AvgIpc) is 1.69. The molecule has 0 heterocycles. The second-order valence-electron chi connectivity index (χ2n) is 1.60. The van der Waals surface area contributed by atoms with Crippen molar-refractivity contribution in [2.24, 2.45) is 5.73 Å². The standard InChI is InChI=1S/C5H12N.Sn/c1-2-3-4-5-6;/h1-6H2;/q;+3. The molecule has 0 aliphatic heterocycles. The first-order chi connectivity index (χ1) is 3.41. The second kappa shape index (κ2) is 6.76. The number of hydrogen-bond acceptors (Lipinski definition) is 1. The third kappa shape index (κ3) is 6.76. The molecule has 0 aromatic carbocycles. The van der Waals surface area contributed by atoms with Crippen LogP contribution >= 0.6 is 0 Å². The van der Waals surface area contributed by atoms with Crippen molar-refractivity contribution in [1.29, 1.82) is 0 Å². The van der Waals surface area contributed by atoms with Gasteiger partial charge in [-0.3, -0.25) is 0 Å². The van der Waals surface area contributed by atoms with E-state index in [0.717, 1.165) is 6.54 Å². The summed E-state index contributed by atoms with van der Waals surface area (Å²) in [7, 11) is 0. The van der Waals surface area contributed by atoms with Crippen LogP contribution < -0.4 is 5.73 Å². The Kier molecular flexibility index (Phi) is 7.49. The topological polar surface area (TPSA) is 26.0 Å². The Bertz CT molecular complexity index is 27.3. The molecule has 0 aliphatic rings. The number of unbranched alkanes of at least 4 members (excludes halogenated alkanes) is 2. The van der Waals surface area contributed by atoms with Crippen LogP contribution in [0.25, 0.3) is 0 Å². The predicted molar refractivity (Wildman–Crippen MR) is 33.5 cm³/mol. The molecule has 0 saturated carbocycles. The molecule has 0 aromatic heterocycles. The summed E-state index contributed by atoms with van der Waals surface area (Å²) in [6.45, 7) is 0.871. The SMILES string of the molecule is NCCCC[CH2][Sn+3]. The average molecular weight is 205 g/mol. The monoisotopic (exact) mass is 206 g/mol. The molecule has 2 N–H and O–H groups in total. The summed E-state index contributed by atoms with van der Waals surface area (Å²) in [4.78, 5) is 0. The van der Waals surface area contributed by atoms with Crippen molar-refractivity contribution in [3.8, 4) is 0 Å². The van der Waals surface area contributed by atoms with Crippen LogP contribution in [0.2, 0.25) is 4.44 Å². The third-order valence-electron chi connectivity index (χ3n) is 0.881. The molecule has 0 radical (unpaired) electrons. The Balaban J connectivity index is 2.45. The van der Waals surface area contributed by atoms with Crippen LogP contribution in [0, 0.1) is 0 Å². The van der Waals surface area contributed by atoms with E-state index in [9.17, 15) is 0 Å². The first kappa shape index (κ1) is 7.76. The molecule has 0 aromatic rings.